The summed E-state index contributed by atoms with van der Waals surface area (Å²) < 4.78 is 5.44. The van der Waals surface area contributed by atoms with Crippen LogP contribution < -0.4 is 0 Å². The van der Waals surface area contributed by atoms with Gasteiger partial charge in [-0.3, -0.25) is 4.79 Å². The molecule has 0 unspecified atom stereocenters. The molecule has 0 aromatic carbocycles. The van der Waals surface area contributed by atoms with Crippen LogP contribution in [-0.2, 0) is 17.8 Å². The minimum absolute atomic E-state index is 0.0265. The number of carbonyl (C=O) groups excluding carboxylic acids is 1. The monoisotopic (exact) mass is 300 g/mol. The fourth-order valence-corrected chi connectivity index (χ4v) is 6.26. The highest BCUT2D eigenvalue weighted by Gasteiger charge is 2.55. The van der Waals surface area contributed by atoms with Crippen LogP contribution in [-0.4, -0.2) is 22.5 Å². The largest absolute Gasteiger partial charge is 0.359 e. The lowest BCUT2D eigenvalue weighted by Gasteiger charge is -2.56. The maximum Gasteiger partial charge on any atom is 0.229 e. The smallest absolute Gasteiger partial charge is 0.229 e. The zero-order valence-electron chi connectivity index (χ0n) is 13.3. The summed E-state index contributed by atoms with van der Waals surface area (Å²) in [6, 6.07) is 0. The molecule has 0 spiro atoms. The average molecular weight is 300 g/mol. The van der Waals surface area contributed by atoms with Crippen molar-refractivity contribution in [3.8, 4) is 0 Å². The molecule has 0 N–H and O–H groups in total. The van der Waals surface area contributed by atoms with Crippen molar-refractivity contribution in [2.75, 3.05) is 6.54 Å². The first kappa shape index (κ1) is 13.1. The van der Waals surface area contributed by atoms with E-state index in [-0.39, 0.29) is 5.41 Å². The highest BCUT2D eigenvalue weighted by atomic mass is 16.5. The predicted octanol–water partition coefficient (Wildman–Crippen LogP) is 3.08. The van der Waals surface area contributed by atoms with Gasteiger partial charge in [-0.15, -0.1) is 0 Å². The number of rotatable bonds is 1. The van der Waals surface area contributed by atoms with Gasteiger partial charge in [0.05, 0.1) is 17.7 Å². The average Bonchev–Trinajstić information content (AvgIpc) is 2.86. The number of nitrogens with zero attached hydrogens (tertiary/aromatic N) is 2. The normalized spacial score (nSPS) is 39.1. The van der Waals surface area contributed by atoms with Crippen molar-refractivity contribution in [1.29, 1.82) is 0 Å². The molecule has 0 radical (unpaired) electrons. The highest BCUT2D eigenvalue weighted by Crippen LogP contribution is 2.60. The molecular weight excluding hydrogens is 276 g/mol. The van der Waals surface area contributed by atoms with Crippen LogP contribution in [0.15, 0.2) is 4.52 Å². The molecule has 0 atom stereocenters. The molecule has 4 nitrogen and oxygen atoms in total. The molecule has 4 aliphatic carbocycles. The number of hydrogen-bond acceptors (Lipinski definition) is 3. The Kier molecular flexibility index (Phi) is 2.61. The molecule has 1 amide bonds. The van der Waals surface area contributed by atoms with E-state index in [1.54, 1.807) is 0 Å². The summed E-state index contributed by atoms with van der Waals surface area (Å²) in [5.74, 6) is 3.81. The molecule has 5 aliphatic rings. The molecular formula is C18H24N2O2. The van der Waals surface area contributed by atoms with Crippen molar-refractivity contribution in [2.24, 2.45) is 23.2 Å². The Morgan fingerprint density at radius 1 is 1.18 bits per heavy atom. The first-order valence-electron chi connectivity index (χ1n) is 8.86. The zero-order valence-corrected chi connectivity index (χ0v) is 13.3. The van der Waals surface area contributed by atoms with Gasteiger partial charge in [-0.1, -0.05) is 5.16 Å². The minimum Gasteiger partial charge on any atom is -0.359 e. The van der Waals surface area contributed by atoms with Gasteiger partial charge in [-0.05, 0) is 69.6 Å². The summed E-state index contributed by atoms with van der Waals surface area (Å²) >= 11 is 0. The fraction of sp³-hybridized carbons (Fsp3) is 0.778. The van der Waals surface area contributed by atoms with E-state index >= 15 is 0 Å². The topological polar surface area (TPSA) is 46.3 Å². The molecule has 1 aliphatic heterocycles. The van der Waals surface area contributed by atoms with Gasteiger partial charge < -0.3 is 9.42 Å². The second kappa shape index (κ2) is 4.36. The van der Waals surface area contributed by atoms with Crippen LogP contribution in [0.25, 0.3) is 0 Å². The van der Waals surface area contributed by atoms with Crippen molar-refractivity contribution in [1.82, 2.24) is 10.1 Å². The van der Waals surface area contributed by atoms with Gasteiger partial charge in [0.1, 0.15) is 0 Å². The van der Waals surface area contributed by atoms with E-state index < -0.39 is 0 Å². The molecule has 118 valence electrons. The lowest BCUT2D eigenvalue weighted by atomic mass is 9.49. The number of carbonyl (C=O) groups is 1. The van der Waals surface area contributed by atoms with Crippen molar-refractivity contribution >= 4 is 5.91 Å². The van der Waals surface area contributed by atoms with E-state index in [9.17, 15) is 4.79 Å². The SMILES string of the molecule is Cc1noc2c1CCN(C(=O)C13CC4CC(CC(C4)C1)C3)C2. The zero-order chi connectivity index (χ0) is 14.9. The Morgan fingerprint density at radius 2 is 1.82 bits per heavy atom. The molecule has 22 heavy (non-hydrogen) atoms. The van der Waals surface area contributed by atoms with E-state index in [2.05, 4.69) is 10.1 Å². The second-order valence-corrected chi connectivity index (χ2v) is 8.34. The fourth-order valence-electron chi connectivity index (χ4n) is 6.26. The maximum atomic E-state index is 13.3. The van der Waals surface area contributed by atoms with Crippen molar-refractivity contribution in [2.45, 2.75) is 58.4 Å². The summed E-state index contributed by atoms with van der Waals surface area (Å²) in [6.45, 7) is 3.48. The van der Waals surface area contributed by atoms with Crippen LogP contribution in [0.2, 0.25) is 0 Å². The van der Waals surface area contributed by atoms with E-state index in [0.717, 1.165) is 61.4 Å². The van der Waals surface area contributed by atoms with E-state index in [4.69, 9.17) is 4.52 Å². The maximum absolute atomic E-state index is 13.3. The Labute approximate surface area is 131 Å². The van der Waals surface area contributed by atoms with E-state index in [0.29, 0.717) is 12.5 Å². The Hall–Kier alpha value is -1.32. The Bertz CT molecular complexity index is 598. The third kappa shape index (κ3) is 1.76. The Morgan fingerprint density at radius 3 is 2.45 bits per heavy atom. The third-order valence-corrected chi connectivity index (χ3v) is 6.81. The molecule has 6 rings (SSSR count). The number of hydrogen-bond donors (Lipinski definition) is 0. The van der Waals surface area contributed by atoms with Crippen LogP contribution in [0.1, 0.15) is 55.5 Å². The van der Waals surface area contributed by atoms with Crippen LogP contribution in [0.5, 0.6) is 0 Å². The summed E-state index contributed by atoms with van der Waals surface area (Å²) in [4.78, 5) is 15.4. The van der Waals surface area contributed by atoms with E-state index in [1.165, 1.54) is 24.8 Å². The third-order valence-electron chi connectivity index (χ3n) is 6.81. The van der Waals surface area contributed by atoms with Crippen LogP contribution in [0.4, 0.5) is 0 Å². The summed E-state index contributed by atoms with van der Waals surface area (Å²) in [7, 11) is 0. The lowest BCUT2D eigenvalue weighted by molar-refractivity contribution is -0.159. The van der Waals surface area contributed by atoms with Gasteiger partial charge >= 0.3 is 0 Å². The molecule has 4 fully saturated rings. The summed E-state index contributed by atoms with van der Waals surface area (Å²) in [5.41, 5.74) is 2.20. The van der Waals surface area contributed by atoms with Crippen LogP contribution in [0, 0.1) is 30.1 Å². The molecule has 0 saturated heterocycles. The van der Waals surface area contributed by atoms with E-state index in [1.807, 2.05) is 6.92 Å². The quantitative estimate of drug-likeness (QED) is 0.800. The first-order chi connectivity index (χ1) is 10.6. The van der Waals surface area contributed by atoms with Crippen molar-refractivity contribution in [3.63, 3.8) is 0 Å². The van der Waals surface area contributed by atoms with Crippen LogP contribution in [0.3, 0.4) is 0 Å². The minimum atomic E-state index is -0.0265. The molecule has 4 heteroatoms. The molecule has 4 saturated carbocycles. The second-order valence-electron chi connectivity index (χ2n) is 8.34. The Balaban J connectivity index is 1.41. The van der Waals surface area contributed by atoms with Crippen molar-refractivity contribution in [3.05, 3.63) is 17.0 Å². The molecule has 4 bridgehead atoms. The van der Waals surface area contributed by atoms with Gasteiger partial charge in [0.2, 0.25) is 5.91 Å². The highest BCUT2D eigenvalue weighted by molar-refractivity contribution is 5.83. The summed E-state index contributed by atoms with van der Waals surface area (Å²) in [6.07, 6.45) is 8.51. The van der Waals surface area contributed by atoms with Gasteiger partial charge in [-0.25, -0.2) is 0 Å². The number of aryl methyl sites for hydroxylation is 1. The van der Waals surface area contributed by atoms with Gasteiger partial charge in [0.15, 0.2) is 5.76 Å². The van der Waals surface area contributed by atoms with Crippen molar-refractivity contribution < 1.29 is 9.32 Å². The van der Waals surface area contributed by atoms with Gasteiger partial charge in [-0.2, -0.15) is 0 Å². The molecule has 1 aromatic rings. The number of amides is 1. The van der Waals surface area contributed by atoms with Gasteiger partial charge in [0.25, 0.3) is 0 Å². The summed E-state index contributed by atoms with van der Waals surface area (Å²) in [5, 5.41) is 4.07. The molecule has 2 heterocycles. The van der Waals surface area contributed by atoms with Crippen LogP contribution >= 0.6 is 0 Å². The predicted molar refractivity (Wildman–Crippen MR) is 81.0 cm³/mol. The first-order valence-corrected chi connectivity index (χ1v) is 8.86. The molecule has 1 aromatic heterocycles. The number of aromatic nitrogens is 1. The van der Waals surface area contributed by atoms with Gasteiger partial charge in [0, 0.05) is 12.1 Å². The lowest BCUT2D eigenvalue weighted by Crippen LogP contribution is -2.55. The standard InChI is InChI=1S/C18H24N2O2/c1-11-15-2-3-20(10-16(15)22-19-11)17(21)18-7-12-4-13(8-18)6-14(5-12)9-18/h12-14H,2-10H2,1H3. The number of fused-ring (bicyclic) bond motifs is 1.